The van der Waals surface area contributed by atoms with Gasteiger partial charge < -0.3 is 42.2 Å². The van der Waals surface area contributed by atoms with Gasteiger partial charge in [0.25, 0.3) is 0 Å². The van der Waals surface area contributed by atoms with Crippen molar-refractivity contribution in [1.82, 2.24) is 9.80 Å². The van der Waals surface area contributed by atoms with Crippen molar-refractivity contribution in [2.45, 2.75) is 103 Å². The van der Waals surface area contributed by atoms with Crippen molar-refractivity contribution in [3.05, 3.63) is 24.3 Å². The Kier molecular flexibility index (Phi) is 44.3. The minimum atomic E-state index is -0.762. The molecule has 0 aromatic carbocycles. The van der Waals surface area contributed by atoms with E-state index in [0.717, 1.165) is 38.5 Å². The number of nitrogens with zero attached hydrogens (tertiary/aromatic N) is 2. The minimum Gasteiger partial charge on any atom is -0.466 e. The maximum absolute atomic E-state index is 13.0. The molecule has 2 atom stereocenters. The molecule has 0 bridgehead atoms. The highest BCUT2D eigenvalue weighted by Crippen LogP contribution is 2.08. The molecule has 48 heavy (non-hydrogen) atoms. The van der Waals surface area contributed by atoms with Crippen LogP contribution in [0.2, 0.25) is 0 Å². The van der Waals surface area contributed by atoms with Crippen molar-refractivity contribution in [2.75, 3.05) is 52.5 Å². The third-order valence-corrected chi connectivity index (χ3v) is 6.85. The molecule has 0 aromatic heterocycles. The third kappa shape index (κ3) is 29.3. The largest absolute Gasteiger partial charge is 0.466 e. The first-order valence-corrected chi connectivity index (χ1v) is 16.3. The van der Waals surface area contributed by atoms with Gasteiger partial charge in [-0.2, -0.15) is 0 Å². The van der Waals surface area contributed by atoms with Crippen LogP contribution in [0.15, 0.2) is 24.3 Å². The van der Waals surface area contributed by atoms with Crippen LogP contribution in [0.1, 0.15) is 90.9 Å². The molecular formula is C32H64Cl4N6O6. The molecule has 0 aliphatic carbocycles. The first-order valence-electron chi connectivity index (χ1n) is 16.3. The number of halogens is 4. The zero-order chi connectivity index (χ0) is 33.0. The van der Waals surface area contributed by atoms with Gasteiger partial charge in [-0.25, -0.2) is 0 Å². The average molecular weight is 771 g/mol. The number of carbonyl (C=O) groups excluding carboxylic acids is 4. The van der Waals surface area contributed by atoms with Crippen LogP contribution in [0, 0.1) is 0 Å². The van der Waals surface area contributed by atoms with Crippen molar-refractivity contribution in [3.63, 3.8) is 0 Å². The summed E-state index contributed by atoms with van der Waals surface area (Å²) < 4.78 is 10.6. The number of unbranched alkanes of at least 4 members (excludes halogenated alkanes) is 3. The van der Waals surface area contributed by atoms with E-state index in [0.29, 0.717) is 52.0 Å². The highest BCUT2D eigenvalue weighted by molar-refractivity contribution is 5.86. The van der Waals surface area contributed by atoms with Gasteiger partial charge in [-0.05, 0) is 77.3 Å². The van der Waals surface area contributed by atoms with Crippen LogP contribution in [0.5, 0.6) is 0 Å². The number of nitrogens with two attached hydrogens (primary N) is 4. The molecule has 0 heterocycles. The van der Waals surface area contributed by atoms with E-state index >= 15 is 0 Å². The quantitative estimate of drug-likeness (QED) is 0.0542. The Hall–Kier alpha value is -1.64. The van der Waals surface area contributed by atoms with E-state index in [9.17, 15) is 19.2 Å². The number of ether oxygens (including phenoxy) is 2. The van der Waals surface area contributed by atoms with Crippen molar-refractivity contribution < 1.29 is 28.7 Å². The summed E-state index contributed by atoms with van der Waals surface area (Å²) in [6.07, 6.45) is 15.2. The first kappa shape index (κ1) is 55.8. The molecule has 2 amide bonds. The number of rotatable bonds is 27. The van der Waals surface area contributed by atoms with Gasteiger partial charge in [0.05, 0.1) is 38.1 Å². The van der Waals surface area contributed by atoms with Gasteiger partial charge in [-0.15, -0.1) is 49.6 Å². The van der Waals surface area contributed by atoms with Crippen molar-refractivity contribution >= 4 is 73.4 Å². The molecule has 16 heteroatoms. The Morgan fingerprint density at radius 2 is 0.938 bits per heavy atom. The Labute approximate surface area is 313 Å². The van der Waals surface area contributed by atoms with Gasteiger partial charge in [-0.3, -0.25) is 19.2 Å². The molecule has 0 aliphatic heterocycles. The molecule has 0 rings (SSSR count). The van der Waals surface area contributed by atoms with Crippen molar-refractivity contribution in [1.29, 1.82) is 0 Å². The van der Waals surface area contributed by atoms with Crippen LogP contribution >= 0.6 is 49.6 Å². The van der Waals surface area contributed by atoms with E-state index in [1.165, 1.54) is 0 Å². The number of amides is 2. The summed E-state index contributed by atoms with van der Waals surface area (Å²) in [7, 11) is 0. The van der Waals surface area contributed by atoms with E-state index in [-0.39, 0.29) is 112 Å². The molecule has 12 nitrogen and oxygen atoms in total. The lowest BCUT2D eigenvalue weighted by Crippen LogP contribution is -2.47. The average Bonchev–Trinajstić information content (AvgIpc) is 3.01. The molecule has 0 saturated carbocycles. The number of allylic oxidation sites excluding steroid dienone is 4. The predicted octanol–water partition coefficient (Wildman–Crippen LogP) is 3.82. The molecule has 286 valence electrons. The molecule has 0 aliphatic rings. The van der Waals surface area contributed by atoms with E-state index in [2.05, 4.69) is 38.2 Å². The Bertz CT molecular complexity index is 805. The lowest BCUT2D eigenvalue weighted by molar-refractivity contribution is -0.146. The number of hydrogen-bond donors (Lipinski definition) is 4. The van der Waals surface area contributed by atoms with Gasteiger partial charge in [0.1, 0.15) is 0 Å². The summed E-state index contributed by atoms with van der Waals surface area (Å²) in [6, 6.07) is -1.52. The zero-order valence-corrected chi connectivity index (χ0v) is 32.2. The molecular weight excluding hydrogens is 706 g/mol. The summed E-state index contributed by atoms with van der Waals surface area (Å²) >= 11 is 0. The zero-order valence-electron chi connectivity index (χ0n) is 28.9. The summed E-state index contributed by atoms with van der Waals surface area (Å²) in [5.74, 6) is -1.30. The maximum Gasteiger partial charge on any atom is 0.307 e. The second kappa shape index (κ2) is 38.2. The van der Waals surface area contributed by atoms with Crippen LogP contribution in [-0.4, -0.2) is 98.1 Å². The monoisotopic (exact) mass is 768 g/mol. The van der Waals surface area contributed by atoms with Crippen LogP contribution in [0.4, 0.5) is 0 Å². The van der Waals surface area contributed by atoms with Crippen LogP contribution in [-0.2, 0) is 28.7 Å². The SMILES string of the molecule is CC/C=C\CCCOC(=O)CCN(CCCCN(CCC(=O)OCCC/C=C\CC)C(=O)[C@@H](N)CCN)C(=O)[C@@H](N)CCN.Cl.Cl.Cl.Cl. The van der Waals surface area contributed by atoms with E-state index < -0.39 is 12.1 Å². The number of hydrogen-bond acceptors (Lipinski definition) is 10. The van der Waals surface area contributed by atoms with E-state index in [1.807, 2.05) is 0 Å². The predicted molar refractivity (Wildman–Crippen MR) is 203 cm³/mol. The summed E-state index contributed by atoms with van der Waals surface area (Å²) in [4.78, 5) is 53.6. The Morgan fingerprint density at radius 1 is 0.583 bits per heavy atom. The second-order valence-corrected chi connectivity index (χ2v) is 10.7. The molecule has 8 N–H and O–H groups in total. The molecule has 0 radical (unpaired) electrons. The Balaban J connectivity index is -0.00000154. The summed E-state index contributed by atoms with van der Waals surface area (Å²) in [6.45, 7) is 6.36. The molecule has 0 unspecified atom stereocenters. The van der Waals surface area contributed by atoms with Crippen molar-refractivity contribution in [3.8, 4) is 0 Å². The molecule has 0 aromatic rings. The van der Waals surface area contributed by atoms with Crippen LogP contribution < -0.4 is 22.9 Å². The molecule has 0 saturated heterocycles. The fraction of sp³-hybridized carbons (Fsp3) is 0.750. The second-order valence-electron chi connectivity index (χ2n) is 10.7. The van der Waals surface area contributed by atoms with Crippen molar-refractivity contribution in [2.24, 2.45) is 22.9 Å². The lowest BCUT2D eigenvalue weighted by Gasteiger charge is -2.27. The maximum atomic E-state index is 13.0. The van der Waals surface area contributed by atoms with Crippen LogP contribution in [0.3, 0.4) is 0 Å². The van der Waals surface area contributed by atoms with Gasteiger partial charge in [0.15, 0.2) is 0 Å². The first-order chi connectivity index (χ1) is 21.2. The minimum absolute atomic E-state index is 0. The van der Waals surface area contributed by atoms with E-state index in [4.69, 9.17) is 32.4 Å². The highest BCUT2D eigenvalue weighted by Gasteiger charge is 2.23. The third-order valence-electron chi connectivity index (χ3n) is 6.85. The smallest absolute Gasteiger partial charge is 0.307 e. The number of esters is 2. The standard InChI is InChI=1S/C32H60N6O6.4ClH/c1-3-5-7-9-13-25-43-29(39)17-23-37(31(41)27(35)15-19-33)21-11-12-22-38(32(42)28(36)16-20-34)24-18-30(40)44-26-14-10-8-6-4-2;;;;/h5-8,27-28H,3-4,9-26,33-36H2,1-2H3;4*1H/b7-5-,8-6-;;;;/t27-,28-;;;;/m0..../s1. The Morgan fingerprint density at radius 3 is 1.25 bits per heavy atom. The van der Waals surface area contributed by atoms with E-state index in [1.54, 1.807) is 9.80 Å². The molecule has 0 spiro atoms. The van der Waals surface area contributed by atoms with Gasteiger partial charge in [0.2, 0.25) is 11.8 Å². The fourth-order valence-corrected chi connectivity index (χ4v) is 4.29. The number of carbonyl (C=O) groups is 4. The molecule has 0 fully saturated rings. The van der Waals surface area contributed by atoms with Gasteiger partial charge in [0, 0.05) is 26.2 Å². The lowest BCUT2D eigenvalue weighted by atomic mass is 10.1. The summed E-state index contributed by atoms with van der Waals surface area (Å²) in [5.41, 5.74) is 23.3. The summed E-state index contributed by atoms with van der Waals surface area (Å²) in [5, 5.41) is 0. The fourth-order valence-electron chi connectivity index (χ4n) is 4.29. The normalized spacial score (nSPS) is 11.7. The van der Waals surface area contributed by atoms with Gasteiger partial charge in [-0.1, -0.05) is 38.2 Å². The van der Waals surface area contributed by atoms with Gasteiger partial charge >= 0.3 is 11.9 Å². The van der Waals surface area contributed by atoms with Crippen LogP contribution in [0.25, 0.3) is 0 Å². The topological polar surface area (TPSA) is 197 Å². The highest BCUT2D eigenvalue weighted by atomic mass is 35.5.